The predicted octanol–water partition coefficient (Wildman–Crippen LogP) is 3.96. The van der Waals surface area contributed by atoms with E-state index in [1.54, 1.807) is 12.1 Å². The molecule has 0 amide bonds. The second-order valence-electron chi connectivity index (χ2n) is 5.37. The monoisotopic (exact) mass is 299 g/mol. The van der Waals surface area contributed by atoms with E-state index in [2.05, 4.69) is 12.2 Å². The van der Waals surface area contributed by atoms with Crippen LogP contribution in [0.4, 0.5) is 4.39 Å². The van der Waals surface area contributed by atoms with Gasteiger partial charge in [0.1, 0.15) is 5.82 Å². The molecule has 2 nitrogen and oxygen atoms in total. The molecule has 0 bridgehead atoms. The Labute approximate surface area is 125 Å². The standard InChI is InChI=1S/C16H23ClFNO/c1-2-9-19-15(16-8-3-4-10-20-16)11-12-13(17)6-5-7-14(12)18/h5-7,15-16,19H,2-4,8-11H2,1H3. The Morgan fingerprint density at radius 1 is 1.45 bits per heavy atom. The first kappa shape index (κ1) is 15.7. The van der Waals surface area contributed by atoms with Crippen LogP contribution in [0.3, 0.4) is 0 Å². The lowest BCUT2D eigenvalue weighted by Gasteiger charge is -2.31. The summed E-state index contributed by atoms with van der Waals surface area (Å²) >= 11 is 6.14. The van der Waals surface area contributed by atoms with Gasteiger partial charge >= 0.3 is 0 Å². The van der Waals surface area contributed by atoms with Gasteiger partial charge in [0, 0.05) is 23.2 Å². The molecule has 20 heavy (non-hydrogen) atoms. The zero-order chi connectivity index (χ0) is 14.4. The fourth-order valence-electron chi connectivity index (χ4n) is 2.70. The normalized spacial score (nSPS) is 20.9. The molecule has 0 aromatic heterocycles. The van der Waals surface area contributed by atoms with E-state index in [0.29, 0.717) is 17.0 Å². The molecule has 2 atom stereocenters. The molecule has 112 valence electrons. The molecule has 1 aliphatic heterocycles. The molecule has 1 aromatic carbocycles. The summed E-state index contributed by atoms with van der Waals surface area (Å²) in [7, 11) is 0. The van der Waals surface area contributed by atoms with E-state index >= 15 is 0 Å². The SMILES string of the molecule is CCCNC(Cc1c(F)cccc1Cl)C1CCCCO1. The lowest BCUT2D eigenvalue weighted by molar-refractivity contribution is -0.00751. The second-order valence-corrected chi connectivity index (χ2v) is 5.78. The molecular weight excluding hydrogens is 277 g/mol. The Balaban J connectivity index is 2.09. The maximum atomic E-state index is 13.9. The number of hydrogen-bond donors (Lipinski definition) is 1. The summed E-state index contributed by atoms with van der Waals surface area (Å²) in [6, 6.07) is 5.00. The number of halogens is 2. The van der Waals surface area contributed by atoms with Crippen molar-refractivity contribution in [2.24, 2.45) is 0 Å². The molecule has 2 unspecified atom stereocenters. The van der Waals surface area contributed by atoms with Crippen LogP contribution in [0.25, 0.3) is 0 Å². The minimum atomic E-state index is -0.225. The number of benzene rings is 1. The van der Waals surface area contributed by atoms with Crippen LogP contribution >= 0.6 is 11.6 Å². The Hall–Kier alpha value is -0.640. The molecule has 1 saturated heterocycles. The van der Waals surface area contributed by atoms with E-state index in [1.807, 2.05) is 0 Å². The summed E-state index contributed by atoms with van der Waals surface area (Å²) in [4.78, 5) is 0. The van der Waals surface area contributed by atoms with Crippen molar-refractivity contribution in [2.75, 3.05) is 13.2 Å². The lowest BCUT2D eigenvalue weighted by atomic mass is 9.95. The van der Waals surface area contributed by atoms with E-state index in [-0.39, 0.29) is 18.0 Å². The van der Waals surface area contributed by atoms with Crippen molar-refractivity contribution < 1.29 is 9.13 Å². The molecule has 1 N–H and O–H groups in total. The molecule has 0 radical (unpaired) electrons. The molecule has 0 aliphatic carbocycles. The lowest BCUT2D eigenvalue weighted by Crippen LogP contribution is -2.45. The average molecular weight is 300 g/mol. The zero-order valence-electron chi connectivity index (χ0n) is 12.0. The van der Waals surface area contributed by atoms with Crippen LogP contribution in [0.2, 0.25) is 5.02 Å². The average Bonchev–Trinajstić information content (AvgIpc) is 2.47. The van der Waals surface area contributed by atoms with Crippen molar-refractivity contribution in [3.05, 3.63) is 34.6 Å². The van der Waals surface area contributed by atoms with Gasteiger partial charge in [0.2, 0.25) is 0 Å². The predicted molar refractivity (Wildman–Crippen MR) is 80.8 cm³/mol. The third-order valence-electron chi connectivity index (χ3n) is 3.81. The highest BCUT2D eigenvalue weighted by Gasteiger charge is 2.25. The van der Waals surface area contributed by atoms with Crippen molar-refractivity contribution in [2.45, 2.75) is 51.2 Å². The fraction of sp³-hybridized carbons (Fsp3) is 0.625. The van der Waals surface area contributed by atoms with Gasteiger partial charge in [-0.15, -0.1) is 0 Å². The van der Waals surface area contributed by atoms with Gasteiger partial charge < -0.3 is 10.1 Å². The van der Waals surface area contributed by atoms with Crippen LogP contribution in [0, 0.1) is 5.82 Å². The molecule has 1 aliphatic rings. The molecule has 4 heteroatoms. The van der Waals surface area contributed by atoms with Crippen LogP contribution in [-0.4, -0.2) is 25.3 Å². The third-order valence-corrected chi connectivity index (χ3v) is 4.16. The van der Waals surface area contributed by atoms with E-state index in [9.17, 15) is 4.39 Å². The number of nitrogens with one attached hydrogen (secondary N) is 1. The van der Waals surface area contributed by atoms with Crippen LogP contribution in [0.1, 0.15) is 38.2 Å². The number of hydrogen-bond acceptors (Lipinski definition) is 2. The Bertz CT molecular complexity index is 401. The van der Waals surface area contributed by atoms with Gasteiger partial charge in [0.25, 0.3) is 0 Å². The third kappa shape index (κ3) is 4.18. The molecule has 1 heterocycles. The van der Waals surface area contributed by atoms with Gasteiger partial charge in [-0.2, -0.15) is 0 Å². The second kappa shape index (κ2) is 7.96. The van der Waals surface area contributed by atoms with E-state index < -0.39 is 0 Å². The van der Waals surface area contributed by atoms with Crippen LogP contribution in [0.15, 0.2) is 18.2 Å². The molecule has 1 fully saturated rings. The van der Waals surface area contributed by atoms with Crippen molar-refractivity contribution >= 4 is 11.6 Å². The molecule has 0 spiro atoms. The highest BCUT2D eigenvalue weighted by molar-refractivity contribution is 6.31. The Morgan fingerprint density at radius 2 is 2.30 bits per heavy atom. The van der Waals surface area contributed by atoms with Crippen LogP contribution < -0.4 is 5.32 Å². The van der Waals surface area contributed by atoms with Crippen molar-refractivity contribution in [3.8, 4) is 0 Å². The Kier molecular flexibility index (Phi) is 6.27. The van der Waals surface area contributed by atoms with Gasteiger partial charge in [0.15, 0.2) is 0 Å². The molecule has 1 aromatic rings. The summed E-state index contributed by atoms with van der Waals surface area (Å²) in [5.74, 6) is -0.225. The molecule has 0 saturated carbocycles. The van der Waals surface area contributed by atoms with Crippen molar-refractivity contribution in [1.29, 1.82) is 0 Å². The Morgan fingerprint density at radius 3 is 2.95 bits per heavy atom. The van der Waals surface area contributed by atoms with Gasteiger partial charge in [-0.25, -0.2) is 4.39 Å². The van der Waals surface area contributed by atoms with Gasteiger partial charge in [-0.3, -0.25) is 0 Å². The zero-order valence-corrected chi connectivity index (χ0v) is 12.8. The molecule has 2 rings (SSSR count). The summed E-state index contributed by atoms with van der Waals surface area (Å²) in [5.41, 5.74) is 0.594. The van der Waals surface area contributed by atoms with Gasteiger partial charge in [0.05, 0.1) is 6.10 Å². The fourth-order valence-corrected chi connectivity index (χ4v) is 2.94. The highest BCUT2D eigenvalue weighted by atomic mass is 35.5. The molecular formula is C16H23ClFNO. The van der Waals surface area contributed by atoms with Crippen molar-refractivity contribution in [1.82, 2.24) is 5.32 Å². The van der Waals surface area contributed by atoms with E-state index in [0.717, 1.165) is 32.4 Å². The largest absolute Gasteiger partial charge is 0.377 e. The summed E-state index contributed by atoms with van der Waals surface area (Å²) in [6.07, 6.45) is 5.13. The maximum Gasteiger partial charge on any atom is 0.127 e. The number of ether oxygens (including phenoxy) is 1. The summed E-state index contributed by atoms with van der Waals surface area (Å²) < 4.78 is 19.8. The van der Waals surface area contributed by atoms with Gasteiger partial charge in [-0.05, 0) is 50.8 Å². The minimum absolute atomic E-state index is 0.129. The first-order valence-electron chi connectivity index (χ1n) is 7.50. The smallest absolute Gasteiger partial charge is 0.127 e. The summed E-state index contributed by atoms with van der Waals surface area (Å²) in [5, 5.41) is 4.00. The maximum absolute atomic E-state index is 13.9. The first-order chi connectivity index (χ1) is 9.72. The first-order valence-corrected chi connectivity index (χ1v) is 7.88. The van der Waals surface area contributed by atoms with E-state index in [1.165, 1.54) is 12.5 Å². The van der Waals surface area contributed by atoms with Gasteiger partial charge in [-0.1, -0.05) is 24.6 Å². The summed E-state index contributed by atoms with van der Waals surface area (Å²) in [6.45, 7) is 3.85. The van der Waals surface area contributed by atoms with Crippen LogP contribution in [0.5, 0.6) is 0 Å². The number of rotatable bonds is 6. The van der Waals surface area contributed by atoms with Crippen molar-refractivity contribution in [3.63, 3.8) is 0 Å². The van der Waals surface area contributed by atoms with E-state index in [4.69, 9.17) is 16.3 Å². The minimum Gasteiger partial charge on any atom is -0.377 e. The van der Waals surface area contributed by atoms with Crippen LogP contribution in [-0.2, 0) is 11.2 Å². The highest BCUT2D eigenvalue weighted by Crippen LogP contribution is 2.24. The quantitative estimate of drug-likeness (QED) is 0.858. The topological polar surface area (TPSA) is 21.3 Å².